The number of aromatic amines is 1. The van der Waals surface area contributed by atoms with E-state index in [1.54, 1.807) is 11.0 Å². The number of benzene rings is 1. The molecule has 11 nitrogen and oxygen atoms in total. The molecule has 29 heavy (non-hydrogen) atoms. The summed E-state index contributed by atoms with van der Waals surface area (Å²) in [5.74, 6) is 1.94. The summed E-state index contributed by atoms with van der Waals surface area (Å²) in [6, 6.07) is 11.9. The minimum atomic E-state index is -0.151. The van der Waals surface area contributed by atoms with Gasteiger partial charge in [-0.05, 0) is 29.3 Å². The zero-order valence-corrected chi connectivity index (χ0v) is 15.7. The molecular weight excluding hydrogens is 372 g/mol. The highest BCUT2D eigenvalue weighted by atomic mass is 16.2. The van der Waals surface area contributed by atoms with E-state index in [4.69, 9.17) is 0 Å². The second kappa shape index (κ2) is 6.93. The first-order valence-corrected chi connectivity index (χ1v) is 9.21. The van der Waals surface area contributed by atoms with Gasteiger partial charge in [-0.1, -0.05) is 30.3 Å². The van der Waals surface area contributed by atoms with Crippen LogP contribution in [0.3, 0.4) is 0 Å². The van der Waals surface area contributed by atoms with Gasteiger partial charge in [-0.2, -0.15) is 9.78 Å². The highest BCUT2D eigenvalue weighted by Crippen LogP contribution is 2.26. The smallest absolute Gasteiger partial charge is 0.272 e. The van der Waals surface area contributed by atoms with E-state index in [0.717, 1.165) is 18.1 Å². The highest BCUT2D eigenvalue weighted by molar-refractivity contribution is 5.92. The van der Waals surface area contributed by atoms with Crippen LogP contribution in [0.5, 0.6) is 0 Å². The van der Waals surface area contributed by atoms with Gasteiger partial charge in [-0.15, -0.1) is 15.3 Å². The third-order valence-electron chi connectivity index (χ3n) is 5.05. The molecule has 4 heterocycles. The Labute approximate surface area is 165 Å². The van der Waals surface area contributed by atoms with Gasteiger partial charge >= 0.3 is 0 Å². The van der Waals surface area contributed by atoms with E-state index in [1.807, 2.05) is 25.1 Å². The molecule has 1 aliphatic heterocycles. The van der Waals surface area contributed by atoms with E-state index in [2.05, 4.69) is 52.6 Å². The van der Waals surface area contributed by atoms with Crippen molar-refractivity contribution >= 4 is 5.91 Å². The summed E-state index contributed by atoms with van der Waals surface area (Å²) in [6.07, 6.45) is 2.21. The van der Waals surface area contributed by atoms with Crippen molar-refractivity contribution in [2.75, 3.05) is 6.54 Å². The topological polar surface area (TPSA) is 123 Å². The molecule has 11 heteroatoms. The molecule has 5 rings (SSSR count). The Morgan fingerprint density at radius 2 is 2.10 bits per heavy atom. The molecule has 1 aliphatic rings. The Hall–Kier alpha value is -3.89. The molecule has 0 spiro atoms. The van der Waals surface area contributed by atoms with Crippen molar-refractivity contribution in [1.82, 2.24) is 50.1 Å². The number of fused-ring (bicyclic) bond motifs is 1. The first-order valence-electron chi connectivity index (χ1n) is 9.21. The highest BCUT2D eigenvalue weighted by Gasteiger charge is 2.32. The predicted molar refractivity (Wildman–Crippen MR) is 100.0 cm³/mol. The van der Waals surface area contributed by atoms with Gasteiger partial charge in [0.15, 0.2) is 11.6 Å². The van der Waals surface area contributed by atoms with E-state index in [0.29, 0.717) is 24.6 Å². The van der Waals surface area contributed by atoms with Crippen molar-refractivity contribution in [2.45, 2.75) is 25.9 Å². The van der Waals surface area contributed by atoms with Crippen molar-refractivity contribution in [3.8, 4) is 5.82 Å². The molecule has 1 amide bonds. The number of aromatic nitrogens is 9. The first-order chi connectivity index (χ1) is 14.2. The summed E-state index contributed by atoms with van der Waals surface area (Å²) in [5.41, 5.74) is 1.58. The lowest BCUT2D eigenvalue weighted by molar-refractivity contribution is 0.0666. The second-order valence-corrected chi connectivity index (χ2v) is 6.96. The molecule has 146 valence electrons. The standard InChI is InChI=1S/C18H18N10O/c1-12-20-23-17-10-26(9-14(28(12)17)7-13-5-3-2-4-6-13)18(29)15-8-16(22-21-15)27-11-19-24-25-27/h2-6,8,11,14H,7,9-10H2,1H3,(H,21,22)/t14-/m1/s1. The van der Waals surface area contributed by atoms with Crippen LogP contribution in [0.4, 0.5) is 0 Å². The fourth-order valence-corrected chi connectivity index (χ4v) is 3.74. The van der Waals surface area contributed by atoms with Gasteiger partial charge in [-0.25, -0.2) is 0 Å². The van der Waals surface area contributed by atoms with Crippen molar-refractivity contribution in [3.05, 3.63) is 65.6 Å². The Bertz CT molecular complexity index is 1130. The lowest BCUT2D eigenvalue weighted by atomic mass is 10.0. The van der Waals surface area contributed by atoms with Crippen LogP contribution in [0, 0.1) is 6.92 Å². The van der Waals surface area contributed by atoms with Crippen LogP contribution >= 0.6 is 0 Å². The lowest BCUT2D eigenvalue weighted by Crippen LogP contribution is -2.42. The summed E-state index contributed by atoms with van der Waals surface area (Å²) in [6.45, 7) is 2.89. The zero-order valence-electron chi connectivity index (χ0n) is 15.7. The number of nitrogens with one attached hydrogen (secondary N) is 1. The van der Waals surface area contributed by atoms with Gasteiger partial charge in [0.05, 0.1) is 12.6 Å². The maximum absolute atomic E-state index is 13.1. The number of H-pyrrole nitrogens is 1. The van der Waals surface area contributed by atoms with E-state index in [-0.39, 0.29) is 11.9 Å². The number of hydrogen-bond donors (Lipinski definition) is 1. The van der Waals surface area contributed by atoms with E-state index in [9.17, 15) is 4.79 Å². The Kier molecular flexibility index (Phi) is 4.12. The average molecular weight is 390 g/mol. The zero-order chi connectivity index (χ0) is 19.8. The predicted octanol–water partition coefficient (Wildman–Crippen LogP) is 0.725. The Morgan fingerprint density at radius 1 is 1.24 bits per heavy atom. The van der Waals surface area contributed by atoms with Gasteiger partial charge in [0.2, 0.25) is 0 Å². The number of aryl methyl sites for hydroxylation is 1. The maximum Gasteiger partial charge on any atom is 0.272 e. The largest absolute Gasteiger partial charge is 0.328 e. The quantitative estimate of drug-likeness (QED) is 0.545. The fraction of sp³-hybridized carbons (Fsp3) is 0.278. The molecule has 1 N–H and O–H groups in total. The third kappa shape index (κ3) is 3.16. The van der Waals surface area contributed by atoms with Crippen LogP contribution in [0.25, 0.3) is 5.82 Å². The molecule has 0 saturated carbocycles. The van der Waals surface area contributed by atoms with E-state index >= 15 is 0 Å². The monoisotopic (exact) mass is 390 g/mol. The first kappa shape index (κ1) is 17.2. The maximum atomic E-state index is 13.1. The molecule has 4 aromatic rings. The molecule has 0 saturated heterocycles. The van der Waals surface area contributed by atoms with Crippen LogP contribution in [0.15, 0.2) is 42.7 Å². The number of carbonyl (C=O) groups excluding carboxylic acids is 1. The molecule has 0 fully saturated rings. The van der Waals surface area contributed by atoms with Crippen LogP contribution in [-0.4, -0.2) is 62.5 Å². The van der Waals surface area contributed by atoms with Gasteiger partial charge < -0.3 is 9.47 Å². The second-order valence-electron chi connectivity index (χ2n) is 6.96. The van der Waals surface area contributed by atoms with Crippen molar-refractivity contribution in [1.29, 1.82) is 0 Å². The Balaban J connectivity index is 1.42. The van der Waals surface area contributed by atoms with Gasteiger partial charge in [-0.3, -0.25) is 9.89 Å². The summed E-state index contributed by atoms with van der Waals surface area (Å²) < 4.78 is 3.53. The molecule has 0 bridgehead atoms. The van der Waals surface area contributed by atoms with Crippen molar-refractivity contribution in [3.63, 3.8) is 0 Å². The van der Waals surface area contributed by atoms with Crippen LogP contribution in [0.1, 0.15) is 33.7 Å². The Morgan fingerprint density at radius 3 is 2.90 bits per heavy atom. The van der Waals surface area contributed by atoms with Crippen LogP contribution in [-0.2, 0) is 13.0 Å². The van der Waals surface area contributed by atoms with Crippen molar-refractivity contribution < 1.29 is 4.79 Å². The minimum absolute atomic E-state index is 0.0574. The number of hydrogen-bond acceptors (Lipinski definition) is 7. The van der Waals surface area contributed by atoms with E-state index in [1.165, 1.54) is 16.6 Å². The lowest BCUT2D eigenvalue weighted by Gasteiger charge is -2.34. The fourth-order valence-electron chi connectivity index (χ4n) is 3.74. The summed E-state index contributed by atoms with van der Waals surface area (Å²) >= 11 is 0. The molecule has 1 aromatic carbocycles. The number of amides is 1. The van der Waals surface area contributed by atoms with Gasteiger partial charge in [0.1, 0.15) is 17.8 Å². The normalized spacial score (nSPS) is 16.0. The van der Waals surface area contributed by atoms with Crippen LogP contribution < -0.4 is 0 Å². The molecule has 1 atom stereocenters. The SMILES string of the molecule is Cc1nnc2n1[C@H](Cc1ccccc1)CN(C(=O)c1cc(-n3cnnn3)n[nH]1)C2. The van der Waals surface area contributed by atoms with Crippen LogP contribution in [0.2, 0.25) is 0 Å². The average Bonchev–Trinajstić information content (AvgIpc) is 3.49. The molecular formula is C18H18N10O. The summed E-state index contributed by atoms with van der Waals surface area (Å²) in [7, 11) is 0. The van der Waals surface area contributed by atoms with Gasteiger partial charge in [0.25, 0.3) is 5.91 Å². The third-order valence-corrected chi connectivity index (χ3v) is 5.05. The number of tetrazole rings is 1. The van der Waals surface area contributed by atoms with E-state index < -0.39 is 0 Å². The molecule has 3 aromatic heterocycles. The molecule has 0 unspecified atom stereocenters. The number of rotatable bonds is 4. The number of nitrogens with zero attached hydrogens (tertiary/aromatic N) is 9. The minimum Gasteiger partial charge on any atom is -0.328 e. The summed E-state index contributed by atoms with van der Waals surface area (Å²) in [4.78, 5) is 14.9. The van der Waals surface area contributed by atoms with Crippen molar-refractivity contribution in [2.24, 2.45) is 0 Å². The summed E-state index contributed by atoms with van der Waals surface area (Å²) in [5, 5.41) is 26.4. The number of carbonyl (C=O) groups is 1. The van der Waals surface area contributed by atoms with Gasteiger partial charge in [0, 0.05) is 12.6 Å². The molecule has 0 radical (unpaired) electrons. The molecule has 0 aliphatic carbocycles.